The lowest BCUT2D eigenvalue weighted by Gasteiger charge is -2.33. The second kappa shape index (κ2) is 8.08. The third kappa shape index (κ3) is 3.93. The number of ether oxygens (including phenoxy) is 1. The van der Waals surface area contributed by atoms with Gasteiger partial charge in [-0.25, -0.2) is 8.42 Å². The van der Waals surface area contributed by atoms with E-state index < -0.39 is 16.1 Å². The minimum Gasteiger partial charge on any atom is -0.494 e. The third-order valence-electron chi connectivity index (χ3n) is 5.58. The van der Waals surface area contributed by atoms with Crippen LogP contribution >= 0.6 is 11.3 Å². The average Bonchev–Trinajstić information content (AvgIpc) is 3.37. The van der Waals surface area contributed by atoms with E-state index in [1.165, 1.54) is 21.2 Å². The number of nitrogens with zero attached hydrogens (tertiary/aromatic N) is 2. The maximum Gasteiger partial charge on any atom is 0.253 e. The first-order valence-corrected chi connectivity index (χ1v) is 12.3. The summed E-state index contributed by atoms with van der Waals surface area (Å²) >= 11 is 1.26. The molecule has 6 nitrogen and oxygen atoms in total. The van der Waals surface area contributed by atoms with Gasteiger partial charge >= 0.3 is 0 Å². The lowest BCUT2D eigenvalue weighted by Crippen LogP contribution is -2.48. The van der Waals surface area contributed by atoms with Gasteiger partial charge in [0.15, 0.2) is 0 Å². The van der Waals surface area contributed by atoms with Crippen molar-refractivity contribution in [2.24, 2.45) is 0 Å². The molecule has 0 spiro atoms. The van der Waals surface area contributed by atoms with Gasteiger partial charge in [0.2, 0.25) is 5.91 Å². The molecule has 1 saturated heterocycles. The lowest BCUT2D eigenvalue weighted by atomic mass is 9.98. The molecule has 1 amide bonds. The first-order chi connectivity index (χ1) is 13.9. The molecule has 2 aliphatic rings. The fraction of sp³-hybridized carbons (Fsp3) is 0.476. The highest BCUT2D eigenvalue weighted by molar-refractivity contribution is 7.91. The van der Waals surface area contributed by atoms with Crippen LogP contribution in [0.3, 0.4) is 0 Å². The Balaban J connectivity index is 1.54. The highest BCUT2D eigenvalue weighted by atomic mass is 32.2. The Labute approximate surface area is 176 Å². The number of carbonyl (C=O) groups excluding carboxylic acids is 1. The standard InChI is InChI=1S/C21H26N2O4S2/c1-3-27-18-8-7-16-10-12-22(14-17(16)13-18)21(24)19-5-4-11-23(19)29(25,26)20-9-6-15(2)28-20/h6-9,13,19H,3-5,10-12,14H2,1-2H3. The number of hydrogen-bond donors (Lipinski definition) is 0. The van der Waals surface area contributed by atoms with Crippen molar-refractivity contribution in [3.05, 3.63) is 46.3 Å². The molecule has 1 aromatic heterocycles. The Morgan fingerprint density at radius 3 is 2.76 bits per heavy atom. The minimum atomic E-state index is -3.64. The van der Waals surface area contributed by atoms with Gasteiger partial charge < -0.3 is 9.64 Å². The molecular weight excluding hydrogens is 408 g/mol. The molecule has 1 unspecified atom stereocenters. The van der Waals surface area contributed by atoms with Crippen LogP contribution in [0, 0.1) is 6.92 Å². The lowest BCUT2D eigenvalue weighted by molar-refractivity contribution is -0.135. The highest BCUT2D eigenvalue weighted by Crippen LogP contribution is 2.32. The molecule has 1 atom stereocenters. The van der Waals surface area contributed by atoms with E-state index in [0.29, 0.717) is 43.3 Å². The predicted octanol–water partition coefficient (Wildman–Crippen LogP) is 3.19. The van der Waals surface area contributed by atoms with Crippen LogP contribution in [0.1, 0.15) is 35.8 Å². The van der Waals surface area contributed by atoms with Crippen LogP contribution in [0.5, 0.6) is 5.75 Å². The molecule has 0 radical (unpaired) electrons. The van der Waals surface area contributed by atoms with Crippen molar-refractivity contribution in [3.8, 4) is 5.75 Å². The van der Waals surface area contributed by atoms with E-state index >= 15 is 0 Å². The van der Waals surface area contributed by atoms with Crippen LogP contribution in [0.25, 0.3) is 0 Å². The molecule has 1 aromatic carbocycles. The Morgan fingerprint density at radius 1 is 1.21 bits per heavy atom. The molecule has 156 valence electrons. The zero-order valence-corrected chi connectivity index (χ0v) is 18.4. The highest BCUT2D eigenvalue weighted by Gasteiger charge is 2.42. The molecule has 29 heavy (non-hydrogen) atoms. The van der Waals surface area contributed by atoms with Crippen molar-refractivity contribution in [1.82, 2.24) is 9.21 Å². The molecule has 0 saturated carbocycles. The van der Waals surface area contributed by atoms with E-state index in [4.69, 9.17) is 4.74 Å². The van der Waals surface area contributed by atoms with E-state index in [-0.39, 0.29) is 5.91 Å². The molecule has 0 N–H and O–H groups in total. The third-order valence-corrected chi connectivity index (χ3v) is 8.96. The number of hydrogen-bond acceptors (Lipinski definition) is 5. The smallest absolute Gasteiger partial charge is 0.253 e. The van der Waals surface area contributed by atoms with E-state index in [1.807, 2.05) is 32.0 Å². The number of sulfonamides is 1. The predicted molar refractivity (Wildman–Crippen MR) is 113 cm³/mol. The Kier molecular flexibility index (Phi) is 5.68. The molecule has 0 aliphatic carbocycles. The maximum absolute atomic E-state index is 13.3. The van der Waals surface area contributed by atoms with E-state index in [9.17, 15) is 13.2 Å². The van der Waals surface area contributed by atoms with E-state index in [0.717, 1.165) is 22.6 Å². The van der Waals surface area contributed by atoms with Crippen molar-refractivity contribution < 1.29 is 17.9 Å². The van der Waals surface area contributed by atoms with Gasteiger partial charge in [0.05, 0.1) is 6.61 Å². The zero-order chi connectivity index (χ0) is 20.6. The summed E-state index contributed by atoms with van der Waals surface area (Å²) in [6, 6.07) is 8.86. The van der Waals surface area contributed by atoms with Crippen LogP contribution in [-0.2, 0) is 27.8 Å². The van der Waals surface area contributed by atoms with Gasteiger partial charge in [0.1, 0.15) is 16.0 Å². The maximum atomic E-state index is 13.3. The molecular formula is C21H26N2O4S2. The van der Waals surface area contributed by atoms with Crippen LogP contribution < -0.4 is 4.74 Å². The number of fused-ring (bicyclic) bond motifs is 1. The number of carbonyl (C=O) groups is 1. The molecule has 3 heterocycles. The topological polar surface area (TPSA) is 66.9 Å². The van der Waals surface area contributed by atoms with Crippen LogP contribution in [-0.4, -0.2) is 49.3 Å². The quantitative estimate of drug-likeness (QED) is 0.725. The summed E-state index contributed by atoms with van der Waals surface area (Å²) in [5.41, 5.74) is 2.30. The van der Waals surface area contributed by atoms with Crippen LogP contribution in [0.15, 0.2) is 34.5 Å². The van der Waals surface area contributed by atoms with Crippen LogP contribution in [0.4, 0.5) is 0 Å². The Morgan fingerprint density at radius 2 is 2.03 bits per heavy atom. The average molecular weight is 435 g/mol. The van der Waals surface area contributed by atoms with Gasteiger partial charge in [0.25, 0.3) is 10.0 Å². The fourth-order valence-corrected chi connectivity index (χ4v) is 7.19. The van der Waals surface area contributed by atoms with Gasteiger partial charge in [-0.2, -0.15) is 4.31 Å². The first-order valence-electron chi connectivity index (χ1n) is 10.0. The number of amides is 1. The summed E-state index contributed by atoms with van der Waals surface area (Å²) in [5.74, 6) is 0.713. The Bertz CT molecular complexity index is 1020. The van der Waals surface area contributed by atoms with Crippen LogP contribution in [0.2, 0.25) is 0 Å². The molecule has 2 aliphatic heterocycles. The van der Waals surface area contributed by atoms with Crippen molar-refractivity contribution in [2.75, 3.05) is 19.7 Å². The first kappa shape index (κ1) is 20.4. The van der Waals surface area contributed by atoms with Gasteiger partial charge in [0, 0.05) is 24.5 Å². The van der Waals surface area contributed by atoms with Gasteiger partial charge in [-0.1, -0.05) is 6.07 Å². The SMILES string of the molecule is CCOc1ccc2c(c1)CN(C(=O)C1CCCN1S(=O)(=O)c1ccc(C)s1)CC2. The molecule has 8 heteroatoms. The largest absolute Gasteiger partial charge is 0.494 e. The molecule has 1 fully saturated rings. The van der Waals surface area contributed by atoms with Crippen molar-refractivity contribution >= 4 is 27.3 Å². The number of benzene rings is 1. The van der Waals surface area contributed by atoms with E-state index in [1.54, 1.807) is 11.0 Å². The monoisotopic (exact) mass is 434 g/mol. The van der Waals surface area contributed by atoms with Gasteiger partial charge in [-0.3, -0.25) is 4.79 Å². The summed E-state index contributed by atoms with van der Waals surface area (Å²) in [7, 11) is -3.64. The molecule has 2 aromatic rings. The number of aryl methyl sites for hydroxylation is 1. The second-order valence-electron chi connectivity index (χ2n) is 7.51. The second-order valence-corrected chi connectivity index (χ2v) is 10.9. The zero-order valence-electron chi connectivity index (χ0n) is 16.8. The molecule has 0 bridgehead atoms. The summed E-state index contributed by atoms with van der Waals surface area (Å²) < 4.78 is 33.5. The number of thiophene rings is 1. The van der Waals surface area contributed by atoms with Crippen molar-refractivity contribution in [2.45, 2.75) is 49.9 Å². The molecule has 4 rings (SSSR count). The summed E-state index contributed by atoms with van der Waals surface area (Å²) in [4.78, 5) is 16.1. The summed E-state index contributed by atoms with van der Waals surface area (Å²) in [6.07, 6.45) is 2.06. The van der Waals surface area contributed by atoms with E-state index in [2.05, 4.69) is 6.07 Å². The summed E-state index contributed by atoms with van der Waals surface area (Å²) in [6.45, 7) is 5.94. The van der Waals surface area contributed by atoms with Crippen molar-refractivity contribution in [1.29, 1.82) is 0 Å². The van der Waals surface area contributed by atoms with Gasteiger partial charge in [-0.15, -0.1) is 11.3 Å². The van der Waals surface area contributed by atoms with Gasteiger partial charge in [-0.05, 0) is 68.5 Å². The minimum absolute atomic E-state index is 0.0909. The Hall–Kier alpha value is -1.90. The normalized spacial score (nSPS) is 19.9. The number of rotatable bonds is 5. The summed E-state index contributed by atoms with van der Waals surface area (Å²) in [5, 5.41) is 0. The fourth-order valence-electron chi connectivity index (χ4n) is 4.13. The van der Waals surface area contributed by atoms with Crippen molar-refractivity contribution in [3.63, 3.8) is 0 Å².